The number of hydrogen-bond acceptors (Lipinski definition) is 8. The predicted octanol–water partition coefficient (Wildman–Crippen LogP) is 5.88. The highest BCUT2D eigenvalue weighted by Gasteiger charge is 2.20. The van der Waals surface area contributed by atoms with Gasteiger partial charge in [-0.2, -0.15) is 17.6 Å². The van der Waals surface area contributed by atoms with Gasteiger partial charge in [0.1, 0.15) is 21.9 Å². The van der Waals surface area contributed by atoms with Crippen molar-refractivity contribution in [2.24, 2.45) is 4.99 Å². The van der Waals surface area contributed by atoms with Crippen molar-refractivity contribution in [2.45, 2.75) is 16.3 Å². The monoisotopic (exact) mass is 657 g/mol. The number of rotatable bonds is 3. The van der Waals surface area contributed by atoms with E-state index in [4.69, 9.17) is 33.9 Å². The van der Waals surface area contributed by atoms with Crippen LogP contribution in [0.3, 0.4) is 0 Å². The van der Waals surface area contributed by atoms with Crippen molar-refractivity contribution in [1.82, 2.24) is 19.2 Å². The Bertz CT molecular complexity index is 1950. The molecule has 0 saturated carbocycles. The third-order valence-electron chi connectivity index (χ3n) is 5.30. The summed E-state index contributed by atoms with van der Waals surface area (Å²) >= 11 is 11.4. The number of aromatic nitrogens is 4. The molecule has 0 saturated heterocycles. The van der Waals surface area contributed by atoms with E-state index in [9.17, 15) is 25.6 Å². The molecule has 0 atom stereocenters. The standard InChI is InChI=1S/C12H7ClFN3O2S.C7H5ClN2.C6H4ClFO2S/c13-12-5-11-8(6-15-12)7-16-17(11)20(18,19)10-3-1-9(14)2-4-10;8-7-1-5-2-9-3-6(5)4-10-7;7-11(9,10)6-3-1-5(8)2-4-6/h1-7H;1,3-4H,2H2;1-4H. The van der Waals surface area contributed by atoms with E-state index in [1.165, 1.54) is 36.2 Å². The van der Waals surface area contributed by atoms with Gasteiger partial charge in [0.25, 0.3) is 19.1 Å². The third kappa shape index (κ3) is 7.63. The normalized spacial score (nSPS) is 12.2. The van der Waals surface area contributed by atoms with Gasteiger partial charge in [-0.15, -0.1) is 0 Å². The first-order chi connectivity index (χ1) is 19.3. The fourth-order valence-electron chi connectivity index (χ4n) is 3.34. The van der Waals surface area contributed by atoms with E-state index in [1.807, 2.05) is 12.3 Å². The molecule has 0 unspecified atom stereocenters. The van der Waals surface area contributed by atoms with Crippen LogP contribution in [0.5, 0.6) is 0 Å². The quantitative estimate of drug-likeness (QED) is 0.175. The third-order valence-corrected chi connectivity index (χ3v) is 8.70. The molecule has 0 spiro atoms. The number of nitrogens with zero attached hydrogens (tertiary/aromatic N) is 5. The molecule has 0 amide bonds. The Morgan fingerprint density at radius 1 is 0.756 bits per heavy atom. The largest absolute Gasteiger partial charge is 0.288 e. The Morgan fingerprint density at radius 3 is 1.93 bits per heavy atom. The van der Waals surface area contributed by atoms with Crippen LogP contribution in [0.1, 0.15) is 11.1 Å². The van der Waals surface area contributed by atoms with Gasteiger partial charge in [0.2, 0.25) is 0 Å². The zero-order valence-electron chi connectivity index (χ0n) is 20.4. The molecule has 0 bridgehead atoms. The first-order valence-electron chi connectivity index (χ1n) is 11.2. The number of aliphatic imine (C=N–C) groups is 1. The number of benzene rings is 2. The van der Waals surface area contributed by atoms with Gasteiger partial charge in [0, 0.05) is 46.3 Å². The van der Waals surface area contributed by atoms with Gasteiger partial charge >= 0.3 is 0 Å². The van der Waals surface area contributed by atoms with Crippen LogP contribution >= 0.6 is 33.9 Å². The smallest absolute Gasteiger partial charge is 0.283 e. The van der Waals surface area contributed by atoms with Crippen molar-refractivity contribution in [1.29, 1.82) is 0 Å². The Labute approximate surface area is 247 Å². The summed E-state index contributed by atoms with van der Waals surface area (Å²) in [6.45, 7) is 0.748. The lowest BCUT2D eigenvalue weighted by atomic mass is 10.2. The molecule has 212 valence electrons. The first-order valence-corrected chi connectivity index (χ1v) is 15.7. The van der Waals surface area contributed by atoms with Crippen LogP contribution in [-0.4, -0.2) is 42.2 Å². The van der Waals surface area contributed by atoms with Crippen molar-refractivity contribution in [3.05, 3.63) is 112 Å². The molecule has 41 heavy (non-hydrogen) atoms. The lowest BCUT2D eigenvalue weighted by Gasteiger charge is -2.05. The average Bonchev–Trinajstić information content (AvgIpc) is 3.56. The van der Waals surface area contributed by atoms with E-state index in [0.29, 0.717) is 16.1 Å². The van der Waals surface area contributed by atoms with Crippen molar-refractivity contribution < 1.29 is 25.6 Å². The van der Waals surface area contributed by atoms with E-state index >= 15 is 0 Å². The summed E-state index contributed by atoms with van der Waals surface area (Å²) < 4.78 is 72.0. The zero-order chi connectivity index (χ0) is 29.8. The van der Waals surface area contributed by atoms with Gasteiger partial charge in [-0.3, -0.25) is 4.99 Å². The Hall–Kier alpha value is -3.49. The maximum atomic E-state index is 12.9. The van der Waals surface area contributed by atoms with Crippen molar-refractivity contribution in [3.63, 3.8) is 0 Å². The first kappa shape index (κ1) is 30.5. The van der Waals surface area contributed by atoms with Crippen LogP contribution in [0.25, 0.3) is 10.9 Å². The SMILES string of the molecule is Clc1cc2c(cn1)C=NC2.O=S(=O)(Cl)c1ccc(F)cc1.O=S(=O)(c1ccc(F)cc1)n1ncc2cnc(Cl)cc21. The van der Waals surface area contributed by atoms with Gasteiger partial charge < -0.3 is 0 Å². The highest BCUT2D eigenvalue weighted by molar-refractivity contribution is 8.13. The number of pyridine rings is 2. The predicted molar refractivity (Wildman–Crippen MR) is 152 cm³/mol. The van der Waals surface area contributed by atoms with Gasteiger partial charge in [-0.25, -0.2) is 27.2 Å². The van der Waals surface area contributed by atoms with Gasteiger partial charge in [0.15, 0.2) is 0 Å². The van der Waals surface area contributed by atoms with Crippen molar-refractivity contribution in [2.75, 3.05) is 0 Å². The summed E-state index contributed by atoms with van der Waals surface area (Å²) in [5.41, 5.74) is 2.57. The highest BCUT2D eigenvalue weighted by atomic mass is 35.7. The molecule has 6 rings (SSSR count). The van der Waals surface area contributed by atoms with E-state index in [-0.39, 0.29) is 14.9 Å². The van der Waals surface area contributed by atoms with Crippen LogP contribution in [0.15, 0.2) is 94.0 Å². The molecule has 2 aromatic carbocycles. The summed E-state index contributed by atoms with van der Waals surface area (Å²) in [6, 6.07) is 12.1. The van der Waals surface area contributed by atoms with Gasteiger partial charge in [-0.05, 0) is 60.2 Å². The maximum absolute atomic E-state index is 12.9. The summed E-state index contributed by atoms with van der Waals surface area (Å²) in [5.74, 6) is -1.00. The van der Waals surface area contributed by atoms with Crippen molar-refractivity contribution >= 4 is 70.1 Å². The molecule has 16 heteroatoms. The zero-order valence-corrected chi connectivity index (χ0v) is 24.3. The minimum absolute atomic E-state index is 0.0585. The molecule has 0 aliphatic carbocycles. The highest BCUT2D eigenvalue weighted by Crippen LogP contribution is 2.22. The van der Waals surface area contributed by atoms with E-state index in [0.717, 1.165) is 52.6 Å². The van der Waals surface area contributed by atoms with Crippen LogP contribution < -0.4 is 0 Å². The topological polar surface area (TPSA) is 124 Å². The fraction of sp³-hybridized carbons (Fsp3) is 0.0400. The molecule has 3 aromatic heterocycles. The van der Waals surface area contributed by atoms with E-state index in [1.54, 1.807) is 6.20 Å². The van der Waals surface area contributed by atoms with Gasteiger partial charge in [0.05, 0.1) is 28.0 Å². The van der Waals surface area contributed by atoms with Crippen molar-refractivity contribution in [3.8, 4) is 0 Å². The molecule has 0 N–H and O–H groups in total. The van der Waals surface area contributed by atoms with Crippen LogP contribution in [-0.2, 0) is 25.6 Å². The maximum Gasteiger partial charge on any atom is 0.283 e. The van der Waals surface area contributed by atoms with Gasteiger partial charge in [-0.1, -0.05) is 23.2 Å². The Balaban J connectivity index is 0.000000156. The minimum atomic E-state index is -3.90. The molecule has 5 aromatic rings. The number of fused-ring (bicyclic) bond motifs is 2. The molecular weight excluding hydrogens is 643 g/mol. The number of hydrogen-bond donors (Lipinski definition) is 0. The molecule has 0 radical (unpaired) electrons. The lowest BCUT2D eigenvalue weighted by molar-refractivity contribution is 0.581. The average molecular weight is 659 g/mol. The second-order valence-corrected chi connectivity index (χ2v) is 13.2. The Morgan fingerprint density at radius 2 is 1.32 bits per heavy atom. The summed E-state index contributed by atoms with van der Waals surface area (Å²) in [4.78, 5) is 11.7. The van der Waals surface area contributed by atoms with Crippen LogP contribution in [0.2, 0.25) is 10.3 Å². The molecule has 1 aliphatic rings. The molecule has 4 heterocycles. The van der Waals surface area contributed by atoms with E-state index < -0.39 is 30.7 Å². The number of halogens is 5. The lowest BCUT2D eigenvalue weighted by Crippen LogP contribution is -2.14. The van der Waals surface area contributed by atoms with Crippen LogP contribution in [0.4, 0.5) is 8.78 Å². The molecule has 1 aliphatic heterocycles. The second-order valence-electron chi connectivity index (χ2n) is 8.08. The fourth-order valence-corrected chi connectivity index (χ4v) is 5.71. The molecule has 0 fully saturated rings. The molecule has 9 nitrogen and oxygen atoms in total. The molecular formula is C25H16Cl3F2N5O4S2. The minimum Gasteiger partial charge on any atom is -0.288 e. The van der Waals surface area contributed by atoms with E-state index in [2.05, 4.69) is 20.1 Å². The summed E-state index contributed by atoms with van der Waals surface area (Å²) in [6.07, 6.45) is 6.37. The summed E-state index contributed by atoms with van der Waals surface area (Å²) in [7, 11) is -2.66. The van der Waals surface area contributed by atoms with Crippen LogP contribution in [0, 0.1) is 11.6 Å². The second kappa shape index (κ2) is 12.6. The summed E-state index contributed by atoms with van der Waals surface area (Å²) in [5, 5.41) is 5.09. The Kier molecular flexibility index (Phi) is 9.34.